The van der Waals surface area contributed by atoms with Gasteiger partial charge < -0.3 is 75.4 Å². The van der Waals surface area contributed by atoms with Gasteiger partial charge in [-0.3, -0.25) is 42.8 Å². The van der Waals surface area contributed by atoms with Crippen LogP contribution in [0.4, 0.5) is 10.1 Å². The fraction of sp³-hybridized carbons (Fsp3) is 0.509. The summed E-state index contributed by atoms with van der Waals surface area (Å²) in [5, 5.41) is 45.3. The van der Waals surface area contributed by atoms with Gasteiger partial charge >= 0.3 is 0 Å². The van der Waals surface area contributed by atoms with Crippen LogP contribution in [-0.4, -0.2) is 234 Å². The van der Waals surface area contributed by atoms with Gasteiger partial charge in [0.1, 0.15) is 68.2 Å². The Morgan fingerprint density at radius 3 is 1.39 bits per heavy atom. The van der Waals surface area contributed by atoms with Crippen LogP contribution < -0.4 is 37.2 Å². The Hall–Kier alpha value is -11.2. The first kappa shape index (κ1) is 109. The fourth-order valence-electron chi connectivity index (χ4n) is 22.8. The van der Waals surface area contributed by atoms with E-state index in [1.54, 1.807) is 72.7 Å². The highest BCUT2D eigenvalue weighted by Gasteiger charge is 2.47. The SMILES string of the molecule is CC[C@@H](C)C(=O)N[C@H](C(=O)N1CCC[C@H]1c1nc(-c2c(C)cc3ccccn23)cs1)C1CCCCC1.CC[C@@H](C)C(=O)N[C@H](C(=O)N1CCC[C@H]1c1nc(C2=CC(Br)Nc3ccccc32)cs1)C1CCOCC1.CNC(CF)C(=O)N[C@H](C(=O)N1CCC[C@H]1c1nc(-c2ccc(C)c3ccccc23)cs1)C1CCOCC1.CN[C@@H](C)C(=O)N[C@H](C(=O)N1CCC[C@H]1c1nc(-c2cc3nncn3c3ccccc23)cs1)C1CCOCC1. The predicted molar refractivity (Wildman–Crippen MR) is 593 cm³/mol. The maximum atomic E-state index is 14.1. The summed E-state index contributed by atoms with van der Waals surface area (Å²) in [5.41, 5.74) is 15.5. The lowest BCUT2D eigenvalue weighted by Crippen LogP contribution is -2.57. The number of anilines is 1. The minimum Gasteiger partial charge on any atom is -0.381 e. The first-order valence-corrected chi connectivity index (χ1v) is 58.3. The second-order valence-electron chi connectivity index (χ2n) is 41.3. The molecule has 16 heterocycles. The third-order valence-electron chi connectivity index (χ3n) is 31.9. The van der Waals surface area contributed by atoms with Gasteiger partial charge in [0.15, 0.2) is 5.65 Å². The molecule has 9 aliphatic rings. The number of likely N-dealkylation sites (N-methyl/N-ethyl adjacent to an activating group) is 2. The van der Waals surface area contributed by atoms with Gasteiger partial charge in [0, 0.05) is 144 Å². The minimum absolute atomic E-state index is 0.00397. The summed E-state index contributed by atoms with van der Waals surface area (Å²) in [6.07, 6.45) is 24.6. The van der Waals surface area contributed by atoms with Crippen molar-refractivity contribution < 1.29 is 57.0 Å². The number of rotatable bonds is 29. The minimum atomic E-state index is -0.981. The lowest BCUT2D eigenvalue weighted by atomic mass is 9.83. The number of aromatic nitrogens is 8. The summed E-state index contributed by atoms with van der Waals surface area (Å²) in [5.74, 6) is -0.600. The number of likely N-dealkylation sites (tertiary alicyclic amines) is 4. The molecule has 21 rings (SSSR count). The van der Waals surface area contributed by atoms with E-state index in [0.29, 0.717) is 72.1 Å². The number of nitrogens with one attached hydrogen (secondary N) is 7. The second kappa shape index (κ2) is 50.6. The maximum absolute atomic E-state index is 14.1. The van der Waals surface area contributed by atoms with Gasteiger partial charge in [-0.15, -0.1) is 55.5 Å². The first-order valence-electron chi connectivity index (χ1n) is 53.9. The van der Waals surface area contributed by atoms with E-state index in [-0.39, 0.29) is 112 Å². The molecular formula is C114H141BrFN19O11S4. The zero-order chi connectivity index (χ0) is 105. The van der Waals surface area contributed by atoms with Crippen molar-refractivity contribution in [3.05, 3.63) is 198 Å². The summed E-state index contributed by atoms with van der Waals surface area (Å²) in [7, 11) is 3.29. The molecule has 150 heavy (non-hydrogen) atoms. The van der Waals surface area contributed by atoms with Crippen LogP contribution >= 0.6 is 61.3 Å². The Balaban J connectivity index is 0.000000131. The number of amides is 8. The zero-order valence-corrected chi connectivity index (χ0v) is 92.1. The molecule has 8 aromatic heterocycles. The van der Waals surface area contributed by atoms with Crippen LogP contribution in [0.1, 0.15) is 236 Å². The van der Waals surface area contributed by atoms with Crippen LogP contribution in [0.15, 0.2) is 155 Å². The lowest BCUT2D eigenvalue weighted by molar-refractivity contribution is -0.140. The Bertz CT molecular complexity index is 6750. The summed E-state index contributed by atoms with van der Waals surface area (Å²) in [6.45, 7) is 19.4. The molecule has 13 atom stereocenters. The van der Waals surface area contributed by atoms with E-state index in [4.69, 9.17) is 34.1 Å². The number of pyridine rings is 2. The van der Waals surface area contributed by atoms with E-state index >= 15 is 0 Å². The van der Waals surface area contributed by atoms with Gasteiger partial charge in [-0.2, -0.15) is 0 Å². The van der Waals surface area contributed by atoms with Gasteiger partial charge in [0.05, 0.1) is 64.2 Å². The molecule has 0 bridgehead atoms. The van der Waals surface area contributed by atoms with E-state index in [2.05, 4.69) is 182 Å². The number of ether oxygens (including phenoxy) is 3. The van der Waals surface area contributed by atoms with Gasteiger partial charge in [0.2, 0.25) is 47.3 Å². The molecule has 1 saturated carbocycles. The number of hydrogen-bond acceptors (Lipinski definition) is 24. The predicted octanol–water partition coefficient (Wildman–Crippen LogP) is 19.1. The zero-order valence-electron chi connectivity index (χ0n) is 87.2. The van der Waals surface area contributed by atoms with E-state index in [0.717, 1.165) is 226 Å². The number of alkyl halides is 2. The highest BCUT2D eigenvalue weighted by atomic mass is 79.9. The molecule has 36 heteroatoms. The molecule has 7 saturated heterocycles. The number of carbonyl (C=O) groups excluding carboxylic acids is 8. The molecule has 4 aromatic carbocycles. The number of thiazole rings is 4. The van der Waals surface area contributed by atoms with Gasteiger partial charge in [-0.05, 0) is 238 Å². The molecule has 0 spiro atoms. The Morgan fingerprint density at radius 2 is 0.887 bits per heavy atom. The van der Waals surface area contributed by atoms with Crippen molar-refractivity contribution in [2.45, 2.75) is 249 Å². The lowest BCUT2D eigenvalue weighted by Gasteiger charge is -2.35. The number of nitrogens with zero attached hydrogens (tertiary/aromatic N) is 12. The molecule has 8 aliphatic heterocycles. The van der Waals surface area contributed by atoms with Crippen LogP contribution in [0.3, 0.4) is 0 Å². The third-order valence-corrected chi connectivity index (χ3v) is 36.2. The van der Waals surface area contributed by atoms with Gasteiger partial charge in [0.25, 0.3) is 0 Å². The average molecular weight is 2180 g/mol. The molecular weight excluding hydrogens is 2040 g/mol. The standard InChI is InChI=1S/C29H35FN4O3S.C29H38N4O2S.C28H35BrN4O3S.C28H33N7O3S/c1-18-9-10-22(21-7-4-3-6-20(18)21)24-17-38-28(32-24)25-8-5-13-34(25)29(36)26(19-11-14-37-15-12-19)33-27(35)23(16-30)31-2;1-4-19(2)27(34)31-25(21-11-6-5-7-12-21)29(35)33-16-10-14-24(33)28-30-23(18-36-28)26-20(3)17-22-13-8-9-15-32(22)26;1-3-17(2)26(34)32-25(18-10-13-36-14-11-18)28(35)33-12-6-9-23(33)27-31-22(16-37-27)20-15-24(29)30-21-8-5-4-7-19(20)21;1-17(29-2)26(36)32-25(18-9-12-38-13-10-18)28(37)34-11-5-8-23(34)27-31-21(15-39-27)20-14-24-33-30-16-35(24)22-7-4-3-6-19(20)22/h3-4,6-7,9-10,17,19,23,25-26,31H,5,8,11-16H2,1-2H3,(H,33,35);8-9,13,15,17-19,21,24-25H,4-7,10-12,14,16H2,1-3H3,(H,31,34);4-5,7-8,15-18,23-25,30H,3,6,9-14H2,1-2H3,(H,32,34);3-4,6-7,14-18,23,25,29H,5,8-13H2,1-2H3,(H,32,36)/t23?,25-,26-;19-,24+,25+;17-,23+,24?,25+;17-,23-,25-/m0110/s1. The van der Waals surface area contributed by atoms with E-state index in [1.165, 1.54) is 22.9 Å². The molecule has 8 fully saturated rings. The number of benzene rings is 4. The Morgan fingerprint density at radius 1 is 0.447 bits per heavy atom. The molecule has 0 radical (unpaired) electrons. The quantitative estimate of drug-likeness (QED) is 0.0169. The van der Waals surface area contributed by atoms with Gasteiger partial charge in [-0.25, -0.2) is 24.3 Å². The molecule has 30 nitrogen and oxygen atoms in total. The molecule has 12 aromatic rings. The van der Waals surface area contributed by atoms with Crippen LogP contribution in [0.2, 0.25) is 0 Å². The van der Waals surface area contributed by atoms with Crippen molar-refractivity contribution in [2.75, 3.05) is 91.9 Å². The summed E-state index contributed by atoms with van der Waals surface area (Å²) in [6, 6.07) is 35.5. The number of para-hydroxylation sites is 2. The number of carbonyl (C=O) groups is 8. The molecule has 1 aliphatic carbocycles. The summed E-state index contributed by atoms with van der Waals surface area (Å²) >= 11 is 10.1. The van der Waals surface area contributed by atoms with E-state index in [1.807, 2.05) is 100 Å². The molecule has 8 amide bonds. The van der Waals surface area contributed by atoms with Crippen molar-refractivity contribution in [1.29, 1.82) is 0 Å². The fourth-order valence-corrected chi connectivity index (χ4v) is 27.1. The van der Waals surface area contributed by atoms with Crippen molar-refractivity contribution in [3.63, 3.8) is 0 Å². The first-order chi connectivity index (χ1) is 73.0. The topological polar surface area (TPSA) is 348 Å². The second-order valence-corrected chi connectivity index (χ2v) is 45.9. The normalized spacial score (nSPS) is 21.0. The van der Waals surface area contributed by atoms with E-state index in [9.17, 15) is 42.7 Å². The van der Waals surface area contributed by atoms with Crippen molar-refractivity contribution >= 4 is 153 Å². The Kier molecular flexibility index (Phi) is 36.6. The highest BCUT2D eigenvalue weighted by molar-refractivity contribution is 9.09. The van der Waals surface area contributed by atoms with Crippen LogP contribution in [0, 0.1) is 49.4 Å². The largest absolute Gasteiger partial charge is 0.381 e. The molecule has 7 N–H and O–H groups in total. The monoisotopic (exact) mass is 2180 g/mol. The summed E-state index contributed by atoms with van der Waals surface area (Å²) in [4.78, 5) is 135. The van der Waals surface area contributed by atoms with Crippen LogP contribution in [0.25, 0.3) is 72.3 Å². The third kappa shape index (κ3) is 24.4. The van der Waals surface area contributed by atoms with E-state index < -0.39 is 42.8 Å². The molecule has 796 valence electrons. The average Bonchev–Trinajstić information content (AvgIpc) is 1.65. The molecule has 2 unspecified atom stereocenters. The van der Waals surface area contributed by atoms with Crippen molar-refractivity contribution in [2.24, 2.45) is 35.5 Å². The van der Waals surface area contributed by atoms with Crippen LogP contribution in [0.5, 0.6) is 0 Å². The highest BCUT2D eigenvalue weighted by Crippen LogP contribution is 2.46. The van der Waals surface area contributed by atoms with Crippen molar-refractivity contribution in [1.82, 2.24) is 90.4 Å². The number of halogens is 2. The number of aryl methyl sites for hydroxylation is 2. The maximum Gasteiger partial charge on any atom is 0.246 e. The summed E-state index contributed by atoms with van der Waals surface area (Å²) < 4.78 is 34.2. The smallest absolute Gasteiger partial charge is 0.246 e. The Labute approximate surface area is 901 Å². The number of hydrogen-bond donors (Lipinski definition) is 7. The van der Waals surface area contributed by atoms with Crippen molar-refractivity contribution in [3.8, 4) is 33.9 Å². The van der Waals surface area contributed by atoms with Gasteiger partial charge in [-0.1, -0.05) is 142 Å². The number of fused-ring (bicyclic) bond motifs is 6. The van der Waals surface area contributed by atoms with Crippen LogP contribution in [-0.2, 0) is 52.6 Å².